The monoisotopic (exact) mass is 303 g/mol. The summed E-state index contributed by atoms with van der Waals surface area (Å²) in [6, 6.07) is 7.24. The molecule has 1 aromatic carbocycles. The van der Waals surface area contributed by atoms with Crippen molar-refractivity contribution in [2.45, 2.75) is 13.8 Å². The Hall–Kier alpha value is -2.83. The molecule has 7 heteroatoms. The highest BCUT2D eigenvalue weighted by molar-refractivity contribution is 6.20. The van der Waals surface area contributed by atoms with E-state index in [1.54, 1.807) is 19.9 Å². The molecule has 0 radical (unpaired) electrons. The zero-order valence-corrected chi connectivity index (χ0v) is 12.4. The molecule has 0 amide bonds. The van der Waals surface area contributed by atoms with E-state index in [-0.39, 0.29) is 24.5 Å². The van der Waals surface area contributed by atoms with Crippen molar-refractivity contribution in [1.82, 2.24) is 10.2 Å². The molecule has 1 aromatic heterocycles. The van der Waals surface area contributed by atoms with Crippen molar-refractivity contribution in [3.8, 4) is 0 Å². The lowest BCUT2D eigenvalue weighted by molar-refractivity contribution is -0.146. The number of aromatic amines is 1. The molecule has 0 aliphatic rings. The van der Waals surface area contributed by atoms with Crippen molar-refractivity contribution in [2.75, 3.05) is 13.2 Å². The number of hydrogen-bond acceptors (Lipinski definition) is 6. The largest absolute Gasteiger partial charge is 0.462 e. The number of hydrogen-bond donors (Lipinski definition) is 2. The van der Waals surface area contributed by atoms with Gasteiger partial charge in [0.2, 0.25) is 0 Å². The molecule has 3 N–H and O–H groups in total. The van der Waals surface area contributed by atoms with Crippen LogP contribution in [0, 0.1) is 0 Å². The number of benzene rings is 1. The number of rotatable bonds is 5. The Kier molecular flexibility index (Phi) is 4.77. The Morgan fingerprint density at radius 1 is 1.14 bits per heavy atom. The van der Waals surface area contributed by atoms with Gasteiger partial charge in [0.15, 0.2) is 5.57 Å². The molecule has 0 saturated heterocycles. The van der Waals surface area contributed by atoms with Gasteiger partial charge in [-0.15, -0.1) is 0 Å². The summed E-state index contributed by atoms with van der Waals surface area (Å²) in [5, 5.41) is 7.58. The lowest BCUT2D eigenvalue weighted by atomic mass is 10.1. The molecule has 2 rings (SSSR count). The predicted octanol–water partition coefficient (Wildman–Crippen LogP) is 1.36. The Balaban J connectivity index is 2.57. The Morgan fingerprint density at radius 2 is 1.73 bits per heavy atom. The summed E-state index contributed by atoms with van der Waals surface area (Å²) in [4.78, 5) is 24.1. The smallest absolute Gasteiger partial charge is 0.347 e. The van der Waals surface area contributed by atoms with Gasteiger partial charge in [-0.2, -0.15) is 5.10 Å². The van der Waals surface area contributed by atoms with Crippen LogP contribution in [0.15, 0.2) is 29.8 Å². The van der Waals surface area contributed by atoms with E-state index in [9.17, 15) is 9.59 Å². The van der Waals surface area contributed by atoms with Crippen molar-refractivity contribution < 1.29 is 19.1 Å². The molecule has 0 aliphatic heterocycles. The summed E-state index contributed by atoms with van der Waals surface area (Å²) >= 11 is 0. The fraction of sp³-hybridized carbons (Fsp3) is 0.267. The third kappa shape index (κ3) is 2.93. The number of fused-ring (bicyclic) bond motifs is 1. The molecule has 0 saturated carbocycles. The maximum atomic E-state index is 12.0. The van der Waals surface area contributed by atoms with Crippen molar-refractivity contribution in [3.63, 3.8) is 0 Å². The molecule has 0 atom stereocenters. The van der Waals surface area contributed by atoms with Crippen LogP contribution in [-0.4, -0.2) is 35.3 Å². The number of para-hydroxylation sites is 1. The molecule has 1 heterocycles. The second kappa shape index (κ2) is 6.75. The molecule has 0 aliphatic carbocycles. The number of nitrogens with two attached hydrogens (primary N) is 1. The number of esters is 2. The Labute approximate surface area is 127 Å². The molecule has 0 spiro atoms. The summed E-state index contributed by atoms with van der Waals surface area (Å²) in [7, 11) is 0. The van der Waals surface area contributed by atoms with Crippen molar-refractivity contribution in [3.05, 3.63) is 35.5 Å². The first-order chi connectivity index (χ1) is 10.6. The highest BCUT2D eigenvalue weighted by Gasteiger charge is 2.27. The van der Waals surface area contributed by atoms with E-state index in [1.165, 1.54) is 0 Å². The van der Waals surface area contributed by atoms with E-state index in [2.05, 4.69) is 10.2 Å². The van der Waals surface area contributed by atoms with Crippen LogP contribution in [0.1, 0.15) is 19.5 Å². The van der Waals surface area contributed by atoms with Crippen molar-refractivity contribution in [1.29, 1.82) is 0 Å². The minimum Gasteiger partial charge on any atom is -0.462 e. The summed E-state index contributed by atoms with van der Waals surface area (Å²) in [6.07, 6.45) is 0. The first-order valence-corrected chi connectivity index (χ1v) is 6.87. The van der Waals surface area contributed by atoms with Crippen molar-refractivity contribution >= 4 is 28.5 Å². The van der Waals surface area contributed by atoms with Crippen LogP contribution >= 0.6 is 0 Å². The van der Waals surface area contributed by atoms with Crippen LogP contribution < -0.4 is 5.73 Å². The highest BCUT2D eigenvalue weighted by Crippen LogP contribution is 2.22. The summed E-state index contributed by atoms with van der Waals surface area (Å²) in [6.45, 7) is 3.52. The van der Waals surface area contributed by atoms with E-state index in [0.717, 1.165) is 5.52 Å². The predicted molar refractivity (Wildman–Crippen MR) is 80.5 cm³/mol. The van der Waals surface area contributed by atoms with E-state index >= 15 is 0 Å². The van der Waals surface area contributed by atoms with Gasteiger partial charge in [0.1, 0.15) is 5.69 Å². The standard InChI is InChI=1S/C15H17N3O4/c1-3-21-14(19)11(15(20)22-4-2)12(16)13-9-7-5-6-8-10(9)17-18-13/h5-8H,3-4,16H2,1-2H3,(H,17,18). The lowest BCUT2D eigenvalue weighted by Crippen LogP contribution is -2.22. The fourth-order valence-corrected chi connectivity index (χ4v) is 2.00. The van der Waals surface area contributed by atoms with Crippen molar-refractivity contribution in [2.24, 2.45) is 5.73 Å². The van der Waals surface area contributed by atoms with Crippen LogP contribution in [-0.2, 0) is 19.1 Å². The maximum Gasteiger partial charge on any atom is 0.347 e. The molecular formula is C15H17N3O4. The Bertz CT molecular complexity index is 713. The van der Waals surface area contributed by atoms with E-state index < -0.39 is 11.9 Å². The highest BCUT2D eigenvalue weighted by atomic mass is 16.6. The van der Waals surface area contributed by atoms with Gasteiger partial charge in [0.25, 0.3) is 0 Å². The number of nitrogens with one attached hydrogen (secondary N) is 1. The van der Waals surface area contributed by atoms with Crippen LogP contribution in [0.2, 0.25) is 0 Å². The first kappa shape index (κ1) is 15.6. The van der Waals surface area contributed by atoms with Gasteiger partial charge in [0.05, 0.1) is 24.4 Å². The normalized spacial score (nSPS) is 10.3. The van der Waals surface area contributed by atoms with Crippen LogP contribution in [0.5, 0.6) is 0 Å². The van der Waals surface area contributed by atoms with Gasteiger partial charge in [-0.05, 0) is 19.9 Å². The Morgan fingerprint density at radius 3 is 2.32 bits per heavy atom. The van der Waals surface area contributed by atoms with E-state index in [0.29, 0.717) is 11.1 Å². The van der Waals surface area contributed by atoms with Gasteiger partial charge >= 0.3 is 11.9 Å². The third-order valence-electron chi connectivity index (χ3n) is 2.95. The molecule has 0 fully saturated rings. The number of nitrogens with zero attached hydrogens (tertiary/aromatic N) is 1. The van der Waals surface area contributed by atoms with E-state index in [1.807, 2.05) is 18.2 Å². The lowest BCUT2D eigenvalue weighted by Gasteiger charge is -2.09. The molecular weight excluding hydrogens is 286 g/mol. The molecule has 0 unspecified atom stereocenters. The summed E-state index contributed by atoms with van der Waals surface area (Å²) in [5.74, 6) is -1.66. The van der Waals surface area contributed by atoms with Gasteiger partial charge in [-0.25, -0.2) is 9.59 Å². The van der Waals surface area contributed by atoms with Gasteiger partial charge in [0, 0.05) is 5.39 Å². The average Bonchev–Trinajstić information content (AvgIpc) is 2.92. The second-order valence-electron chi connectivity index (χ2n) is 4.35. The number of carbonyl (C=O) groups is 2. The van der Waals surface area contributed by atoms with Crippen LogP contribution in [0.4, 0.5) is 0 Å². The number of H-pyrrole nitrogens is 1. The quantitative estimate of drug-likeness (QED) is 0.374. The molecule has 0 bridgehead atoms. The van der Waals surface area contributed by atoms with E-state index in [4.69, 9.17) is 15.2 Å². The summed E-state index contributed by atoms with van der Waals surface area (Å²) < 4.78 is 9.77. The number of aromatic nitrogens is 2. The van der Waals surface area contributed by atoms with Gasteiger partial charge < -0.3 is 15.2 Å². The number of carbonyl (C=O) groups excluding carboxylic acids is 2. The van der Waals surface area contributed by atoms with Crippen LogP contribution in [0.25, 0.3) is 16.6 Å². The van der Waals surface area contributed by atoms with Gasteiger partial charge in [-0.3, -0.25) is 5.10 Å². The van der Waals surface area contributed by atoms with Crippen LogP contribution in [0.3, 0.4) is 0 Å². The molecule has 2 aromatic rings. The van der Waals surface area contributed by atoms with Gasteiger partial charge in [-0.1, -0.05) is 18.2 Å². The SMILES string of the molecule is CCOC(=O)C(C(=O)OCC)=C(N)c1n[nH]c2ccccc12. The third-order valence-corrected chi connectivity index (χ3v) is 2.95. The minimum atomic E-state index is -0.828. The molecule has 7 nitrogen and oxygen atoms in total. The topological polar surface area (TPSA) is 107 Å². The zero-order chi connectivity index (χ0) is 16.1. The number of ether oxygens (including phenoxy) is 2. The summed E-state index contributed by atoms with van der Waals surface area (Å²) in [5.41, 5.74) is 6.64. The minimum absolute atomic E-state index is 0.0747. The maximum absolute atomic E-state index is 12.0. The zero-order valence-electron chi connectivity index (χ0n) is 12.4. The molecule has 22 heavy (non-hydrogen) atoms. The second-order valence-corrected chi connectivity index (χ2v) is 4.35. The average molecular weight is 303 g/mol. The molecule has 116 valence electrons. The first-order valence-electron chi connectivity index (χ1n) is 6.87. The fourth-order valence-electron chi connectivity index (χ4n) is 2.00.